The van der Waals surface area contributed by atoms with Crippen LogP contribution in [-0.4, -0.2) is 73.0 Å². The van der Waals surface area contributed by atoms with Crippen molar-refractivity contribution >= 4 is 23.2 Å². The molecule has 12 nitrogen and oxygen atoms in total. The molecular formula is C39H36N6O6. The summed E-state index contributed by atoms with van der Waals surface area (Å²) in [5.74, 6) is -0.785. The number of benzene rings is 4. The van der Waals surface area contributed by atoms with Crippen LogP contribution < -0.4 is 10.1 Å². The van der Waals surface area contributed by atoms with Crippen LogP contribution in [-0.2, 0) is 37.4 Å². The number of allylic oxidation sites excluding steroid dienone is 1. The number of aliphatic hydroxyl groups excluding tert-OH is 2. The number of hydrogen-bond donors (Lipinski definition) is 3. The number of ketones is 2. The molecule has 0 saturated carbocycles. The number of nitrogens with zero attached hydrogens (tertiary/aromatic N) is 5. The van der Waals surface area contributed by atoms with Gasteiger partial charge in [0.1, 0.15) is 5.75 Å². The number of methoxy groups -OCH3 is 1. The topological polar surface area (TPSA) is 160 Å². The number of Topliss-reactive ketones (excluding diaryl/α,β-unsaturated/α-hetero) is 1. The van der Waals surface area contributed by atoms with Gasteiger partial charge < -0.3 is 20.3 Å². The molecule has 0 bridgehead atoms. The van der Waals surface area contributed by atoms with E-state index in [9.17, 15) is 24.6 Å². The van der Waals surface area contributed by atoms with Gasteiger partial charge in [0.25, 0.3) is 5.91 Å². The summed E-state index contributed by atoms with van der Waals surface area (Å²) in [6, 6.07) is 21.6. The molecule has 1 amide bonds. The van der Waals surface area contributed by atoms with Crippen LogP contribution in [0.1, 0.15) is 54.1 Å². The van der Waals surface area contributed by atoms with Gasteiger partial charge in [-0.1, -0.05) is 42.5 Å². The van der Waals surface area contributed by atoms with Gasteiger partial charge in [-0.3, -0.25) is 19.3 Å². The minimum absolute atomic E-state index is 0.135. The highest BCUT2D eigenvalue weighted by Crippen LogP contribution is 2.32. The van der Waals surface area contributed by atoms with E-state index in [4.69, 9.17) is 4.74 Å². The number of amides is 1. The Labute approximate surface area is 294 Å². The largest absolute Gasteiger partial charge is 0.496 e. The van der Waals surface area contributed by atoms with E-state index in [1.54, 1.807) is 25.3 Å². The molecule has 3 N–H and O–H groups in total. The number of fused-ring (bicyclic) bond motifs is 2. The fourth-order valence-electron chi connectivity index (χ4n) is 6.64. The standard InChI is InChI=1S/C39H36N6O6/c1-23-15-25-12-14-44(20-26(25)18-36(23)51-2)13-11-24-7-9-29(10-8-24)45-42-38(41-43-45)32-16-27(21-46)28(22-47)17-34(32)40-39(50)33-19-35(48)30-5-3-4-6-31(30)37(33)49/h3-10,15-19,46-47H,11-14,20-22H2,1-2H3,(H,40,50). The zero-order valence-electron chi connectivity index (χ0n) is 28.2. The normalized spacial score (nSPS) is 14.2. The number of carbonyl (C=O) groups is 3. The first kappa shape index (κ1) is 33.7. The SMILES string of the molecule is COc1cc2c(cc1C)CCN(CCc1ccc(-n3nnc(-c4cc(CO)c(CO)cc4NC(=O)C4=CC(=O)c5ccccc5C4=O)n3)cc1)C2. The van der Waals surface area contributed by atoms with Gasteiger partial charge in [0.2, 0.25) is 5.82 Å². The highest BCUT2D eigenvalue weighted by molar-refractivity contribution is 6.36. The summed E-state index contributed by atoms with van der Waals surface area (Å²) in [4.78, 5) is 43.1. The van der Waals surface area contributed by atoms with Gasteiger partial charge in [0.15, 0.2) is 11.6 Å². The van der Waals surface area contributed by atoms with Crippen molar-refractivity contribution in [3.8, 4) is 22.8 Å². The molecule has 258 valence electrons. The quantitative estimate of drug-likeness (QED) is 0.182. The number of tetrazole rings is 1. The number of aliphatic hydroxyl groups is 2. The number of rotatable bonds is 10. The van der Waals surface area contributed by atoms with Crippen LogP contribution in [0.15, 0.2) is 84.4 Å². The van der Waals surface area contributed by atoms with E-state index >= 15 is 0 Å². The van der Waals surface area contributed by atoms with Crippen molar-refractivity contribution in [3.05, 3.63) is 129 Å². The van der Waals surface area contributed by atoms with Crippen LogP contribution in [0.25, 0.3) is 17.1 Å². The van der Waals surface area contributed by atoms with Crippen molar-refractivity contribution in [3.63, 3.8) is 0 Å². The fraction of sp³-hybridized carbons (Fsp3) is 0.231. The van der Waals surface area contributed by atoms with Crippen LogP contribution in [0.3, 0.4) is 0 Å². The first-order chi connectivity index (χ1) is 24.8. The average Bonchev–Trinajstić information content (AvgIpc) is 3.65. The first-order valence-electron chi connectivity index (χ1n) is 16.6. The minimum Gasteiger partial charge on any atom is -0.496 e. The highest BCUT2D eigenvalue weighted by atomic mass is 16.5. The Bertz CT molecular complexity index is 2210. The maximum Gasteiger partial charge on any atom is 0.259 e. The number of aryl methyl sites for hydroxylation is 1. The lowest BCUT2D eigenvalue weighted by molar-refractivity contribution is -0.112. The van der Waals surface area contributed by atoms with E-state index in [0.29, 0.717) is 22.4 Å². The Morgan fingerprint density at radius 1 is 0.922 bits per heavy atom. The van der Waals surface area contributed by atoms with E-state index in [0.717, 1.165) is 55.4 Å². The summed E-state index contributed by atoms with van der Waals surface area (Å²) in [7, 11) is 1.71. The first-order valence-corrected chi connectivity index (χ1v) is 16.6. The van der Waals surface area contributed by atoms with Crippen LogP contribution in [0.4, 0.5) is 5.69 Å². The van der Waals surface area contributed by atoms with Gasteiger partial charge in [-0.25, -0.2) is 0 Å². The van der Waals surface area contributed by atoms with Gasteiger partial charge in [0.05, 0.1) is 37.3 Å². The lowest BCUT2D eigenvalue weighted by Gasteiger charge is -2.29. The van der Waals surface area contributed by atoms with Crippen molar-refractivity contribution in [2.75, 3.05) is 25.5 Å². The summed E-state index contributed by atoms with van der Waals surface area (Å²) in [6.07, 6.45) is 2.91. The van der Waals surface area contributed by atoms with E-state index < -0.39 is 24.1 Å². The van der Waals surface area contributed by atoms with Gasteiger partial charge in [-0.05, 0) is 88.7 Å². The third-order valence-electron chi connectivity index (χ3n) is 9.48. The van der Waals surface area contributed by atoms with Crippen LogP contribution >= 0.6 is 0 Å². The summed E-state index contributed by atoms with van der Waals surface area (Å²) < 4.78 is 5.54. The van der Waals surface area contributed by atoms with Crippen LogP contribution in [0, 0.1) is 6.92 Å². The Morgan fingerprint density at radius 3 is 2.41 bits per heavy atom. The van der Waals surface area contributed by atoms with Crippen molar-refractivity contribution < 1.29 is 29.3 Å². The second-order valence-electron chi connectivity index (χ2n) is 12.7. The zero-order valence-corrected chi connectivity index (χ0v) is 28.2. The Kier molecular flexibility index (Phi) is 9.37. The van der Waals surface area contributed by atoms with Crippen LogP contribution in [0.2, 0.25) is 0 Å². The second-order valence-corrected chi connectivity index (χ2v) is 12.7. The number of hydrogen-bond acceptors (Lipinski definition) is 10. The predicted molar refractivity (Wildman–Crippen MR) is 189 cm³/mol. The molecule has 0 radical (unpaired) electrons. The average molecular weight is 685 g/mol. The Balaban J connectivity index is 1.08. The minimum atomic E-state index is -0.809. The van der Waals surface area contributed by atoms with E-state index in [1.807, 2.05) is 24.3 Å². The number of carbonyl (C=O) groups excluding carboxylic acids is 3. The van der Waals surface area contributed by atoms with E-state index in [-0.39, 0.29) is 34.8 Å². The smallest absolute Gasteiger partial charge is 0.259 e. The zero-order chi connectivity index (χ0) is 35.6. The van der Waals surface area contributed by atoms with Crippen molar-refractivity contribution in [1.29, 1.82) is 0 Å². The molecule has 0 fully saturated rings. The molecule has 51 heavy (non-hydrogen) atoms. The monoisotopic (exact) mass is 684 g/mol. The third kappa shape index (κ3) is 6.72. The molecule has 2 heterocycles. The van der Waals surface area contributed by atoms with Gasteiger partial charge >= 0.3 is 0 Å². The molecule has 5 aromatic rings. The number of ether oxygens (including phenoxy) is 1. The molecular weight excluding hydrogens is 648 g/mol. The molecule has 0 saturated heterocycles. The second kappa shape index (κ2) is 14.2. The molecule has 7 rings (SSSR count). The van der Waals surface area contributed by atoms with Gasteiger partial charge in [-0.15, -0.1) is 15.0 Å². The lowest BCUT2D eigenvalue weighted by atomic mass is 9.89. The number of nitrogens with one attached hydrogen (secondary N) is 1. The summed E-state index contributed by atoms with van der Waals surface area (Å²) in [5, 5.41) is 35.7. The number of aromatic nitrogens is 4. The maximum absolute atomic E-state index is 13.4. The molecule has 4 aromatic carbocycles. The Morgan fingerprint density at radius 2 is 1.67 bits per heavy atom. The molecule has 0 unspecified atom stereocenters. The van der Waals surface area contributed by atoms with Gasteiger partial charge in [0, 0.05) is 42.4 Å². The van der Waals surface area contributed by atoms with Crippen molar-refractivity contribution in [1.82, 2.24) is 25.1 Å². The molecule has 0 atom stereocenters. The molecule has 2 aliphatic rings. The summed E-state index contributed by atoms with van der Waals surface area (Å²) in [6.45, 7) is 4.07. The lowest BCUT2D eigenvalue weighted by Crippen LogP contribution is -2.32. The third-order valence-corrected chi connectivity index (χ3v) is 9.48. The maximum atomic E-state index is 13.4. The molecule has 0 spiro atoms. The molecule has 1 aliphatic heterocycles. The summed E-state index contributed by atoms with van der Waals surface area (Å²) in [5.41, 5.74) is 6.98. The summed E-state index contributed by atoms with van der Waals surface area (Å²) >= 11 is 0. The highest BCUT2D eigenvalue weighted by Gasteiger charge is 2.30. The molecule has 12 heteroatoms. The predicted octanol–water partition coefficient (Wildman–Crippen LogP) is 4.18. The van der Waals surface area contributed by atoms with E-state index in [2.05, 4.69) is 44.7 Å². The molecule has 1 aromatic heterocycles. The fourth-order valence-corrected chi connectivity index (χ4v) is 6.64. The number of anilines is 1. The van der Waals surface area contributed by atoms with Crippen molar-refractivity contribution in [2.24, 2.45) is 0 Å². The van der Waals surface area contributed by atoms with Crippen molar-refractivity contribution in [2.45, 2.75) is 39.5 Å². The Hall–Kier alpha value is -5.82. The van der Waals surface area contributed by atoms with Gasteiger partial charge in [-0.2, -0.15) is 0 Å². The van der Waals surface area contributed by atoms with E-state index in [1.165, 1.54) is 34.1 Å². The van der Waals surface area contributed by atoms with Crippen LogP contribution in [0.5, 0.6) is 5.75 Å². The molecule has 1 aliphatic carbocycles.